The van der Waals surface area contributed by atoms with Gasteiger partial charge in [0.15, 0.2) is 0 Å². The molecule has 1 aromatic heterocycles. The standard InChI is InChI=1S/C15H20N4/c1-2-4-13(5-3-1)14-12-17-15(18-14)6-9-19-10-7-16-8-11-19/h1-5,12,16H,6-11H2,(H,17,18). The number of aromatic nitrogens is 2. The smallest absolute Gasteiger partial charge is 0.107 e. The first-order valence-corrected chi connectivity index (χ1v) is 6.94. The van der Waals surface area contributed by atoms with Crippen LogP contribution in [0, 0.1) is 0 Å². The Morgan fingerprint density at radius 2 is 1.89 bits per heavy atom. The molecule has 0 radical (unpaired) electrons. The average molecular weight is 256 g/mol. The van der Waals surface area contributed by atoms with Gasteiger partial charge in [-0.25, -0.2) is 4.98 Å². The fourth-order valence-corrected chi connectivity index (χ4v) is 2.45. The van der Waals surface area contributed by atoms with Crippen molar-refractivity contribution in [2.24, 2.45) is 0 Å². The monoisotopic (exact) mass is 256 g/mol. The molecular weight excluding hydrogens is 236 g/mol. The molecule has 2 N–H and O–H groups in total. The predicted octanol–water partition coefficient (Wildman–Crippen LogP) is 1.52. The summed E-state index contributed by atoms with van der Waals surface area (Å²) in [4.78, 5) is 10.4. The molecule has 4 heteroatoms. The Hall–Kier alpha value is -1.65. The molecule has 4 nitrogen and oxygen atoms in total. The number of piperazine rings is 1. The van der Waals surface area contributed by atoms with Crippen LogP contribution in [0.25, 0.3) is 11.3 Å². The Morgan fingerprint density at radius 1 is 1.11 bits per heavy atom. The molecule has 100 valence electrons. The summed E-state index contributed by atoms with van der Waals surface area (Å²) in [7, 11) is 0. The number of H-pyrrole nitrogens is 1. The van der Waals surface area contributed by atoms with Gasteiger partial charge in [-0.1, -0.05) is 30.3 Å². The second kappa shape index (κ2) is 5.99. The average Bonchev–Trinajstić information content (AvgIpc) is 2.96. The molecule has 1 aliphatic rings. The van der Waals surface area contributed by atoms with Crippen molar-refractivity contribution in [3.05, 3.63) is 42.4 Å². The lowest BCUT2D eigenvalue weighted by atomic mass is 10.2. The number of aromatic amines is 1. The van der Waals surface area contributed by atoms with E-state index in [4.69, 9.17) is 0 Å². The summed E-state index contributed by atoms with van der Waals surface area (Å²) in [6.45, 7) is 5.59. The molecule has 19 heavy (non-hydrogen) atoms. The Kier molecular flexibility index (Phi) is 3.91. The zero-order chi connectivity index (χ0) is 12.9. The number of hydrogen-bond donors (Lipinski definition) is 2. The molecule has 0 saturated carbocycles. The van der Waals surface area contributed by atoms with E-state index in [-0.39, 0.29) is 0 Å². The van der Waals surface area contributed by atoms with Gasteiger partial charge in [0.2, 0.25) is 0 Å². The van der Waals surface area contributed by atoms with Gasteiger partial charge in [0.05, 0.1) is 11.9 Å². The third kappa shape index (κ3) is 3.22. The first kappa shape index (κ1) is 12.4. The first-order valence-electron chi connectivity index (χ1n) is 6.94. The predicted molar refractivity (Wildman–Crippen MR) is 77.0 cm³/mol. The summed E-state index contributed by atoms with van der Waals surface area (Å²) in [6, 6.07) is 10.3. The Bertz CT molecular complexity index is 500. The van der Waals surface area contributed by atoms with Crippen molar-refractivity contribution in [3.63, 3.8) is 0 Å². The van der Waals surface area contributed by atoms with Crippen LogP contribution in [0.4, 0.5) is 0 Å². The van der Waals surface area contributed by atoms with Crippen molar-refractivity contribution >= 4 is 0 Å². The lowest BCUT2D eigenvalue weighted by Gasteiger charge is -2.26. The summed E-state index contributed by atoms with van der Waals surface area (Å²) >= 11 is 0. The topological polar surface area (TPSA) is 44.0 Å². The number of imidazole rings is 1. The van der Waals surface area contributed by atoms with E-state index in [9.17, 15) is 0 Å². The normalized spacial score (nSPS) is 16.6. The van der Waals surface area contributed by atoms with Crippen LogP contribution in [-0.2, 0) is 6.42 Å². The maximum absolute atomic E-state index is 4.48. The van der Waals surface area contributed by atoms with E-state index in [1.807, 2.05) is 12.3 Å². The maximum atomic E-state index is 4.48. The highest BCUT2D eigenvalue weighted by atomic mass is 15.2. The molecule has 0 spiro atoms. The van der Waals surface area contributed by atoms with E-state index < -0.39 is 0 Å². The molecule has 2 heterocycles. The lowest BCUT2D eigenvalue weighted by Crippen LogP contribution is -2.44. The zero-order valence-corrected chi connectivity index (χ0v) is 11.1. The number of nitrogens with zero attached hydrogens (tertiary/aromatic N) is 2. The van der Waals surface area contributed by atoms with E-state index in [1.165, 1.54) is 5.56 Å². The third-order valence-corrected chi connectivity index (χ3v) is 3.59. The van der Waals surface area contributed by atoms with Crippen molar-refractivity contribution < 1.29 is 0 Å². The van der Waals surface area contributed by atoms with Crippen LogP contribution in [-0.4, -0.2) is 47.6 Å². The van der Waals surface area contributed by atoms with Crippen LogP contribution in [0.3, 0.4) is 0 Å². The maximum Gasteiger partial charge on any atom is 0.107 e. The molecule has 0 aliphatic carbocycles. The van der Waals surface area contributed by atoms with Crippen molar-refractivity contribution in [2.75, 3.05) is 32.7 Å². The highest BCUT2D eigenvalue weighted by molar-refractivity contribution is 5.57. The molecule has 0 atom stereocenters. The van der Waals surface area contributed by atoms with Crippen molar-refractivity contribution in [1.82, 2.24) is 20.2 Å². The summed E-state index contributed by atoms with van der Waals surface area (Å²) < 4.78 is 0. The van der Waals surface area contributed by atoms with E-state index in [0.717, 1.165) is 50.7 Å². The zero-order valence-electron chi connectivity index (χ0n) is 11.1. The van der Waals surface area contributed by atoms with E-state index in [1.54, 1.807) is 0 Å². The third-order valence-electron chi connectivity index (χ3n) is 3.59. The van der Waals surface area contributed by atoms with Crippen LogP contribution in [0.2, 0.25) is 0 Å². The highest BCUT2D eigenvalue weighted by Gasteiger charge is 2.10. The van der Waals surface area contributed by atoms with Crippen LogP contribution in [0.5, 0.6) is 0 Å². The second-order valence-electron chi connectivity index (χ2n) is 4.95. The number of hydrogen-bond acceptors (Lipinski definition) is 3. The molecule has 0 unspecified atom stereocenters. The van der Waals surface area contributed by atoms with E-state index in [0.29, 0.717) is 0 Å². The molecule has 0 bridgehead atoms. The Labute approximate surface area is 113 Å². The largest absolute Gasteiger partial charge is 0.342 e. The molecule has 3 rings (SSSR count). The molecule has 1 aromatic carbocycles. The minimum Gasteiger partial charge on any atom is -0.342 e. The molecule has 1 saturated heterocycles. The van der Waals surface area contributed by atoms with Gasteiger partial charge < -0.3 is 15.2 Å². The minimum absolute atomic E-state index is 0.993. The second-order valence-corrected chi connectivity index (χ2v) is 4.95. The number of rotatable bonds is 4. The molecule has 0 amide bonds. The van der Waals surface area contributed by atoms with Gasteiger partial charge in [0.25, 0.3) is 0 Å². The summed E-state index contributed by atoms with van der Waals surface area (Å²) in [5.74, 6) is 1.08. The number of benzene rings is 1. The lowest BCUT2D eigenvalue weighted by molar-refractivity contribution is 0.242. The summed E-state index contributed by atoms with van der Waals surface area (Å²) in [5.41, 5.74) is 2.30. The van der Waals surface area contributed by atoms with Crippen LogP contribution in [0.15, 0.2) is 36.5 Å². The van der Waals surface area contributed by atoms with Crippen LogP contribution < -0.4 is 5.32 Å². The van der Waals surface area contributed by atoms with E-state index in [2.05, 4.69) is 44.5 Å². The SMILES string of the molecule is c1ccc(-c2cnc(CCN3CCNCC3)[nH]2)cc1. The van der Waals surface area contributed by atoms with Gasteiger partial charge in [-0.15, -0.1) is 0 Å². The molecular formula is C15H20N4. The fourth-order valence-electron chi connectivity index (χ4n) is 2.45. The number of nitrogens with one attached hydrogen (secondary N) is 2. The van der Waals surface area contributed by atoms with Gasteiger partial charge >= 0.3 is 0 Å². The Morgan fingerprint density at radius 3 is 2.68 bits per heavy atom. The van der Waals surface area contributed by atoms with E-state index >= 15 is 0 Å². The summed E-state index contributed by atoms with van der Waals surface area (Å²) in [5, 5.41) is 3.37. The van der Waals surface area contributed by atoms with Gasteiger partial charge in [-0.3, -0.25) is 0 Å². The molecule has 1 aliphatic heterocycles. The van der Waals surface area contributed by atoms with Crippen LogP contribution >= 0.6 is 0 Å². The van der Waals surface area contributed by atoms with Crippen LogP contribution in [0.1, 0.15) is 5.82 Å². The Balaban J connectivity index is 1.59. The quantitative estimate of drug-likeness (QED) is 0.872. The van der Waals surface area contributed by atoms with Crippen molar-refractivity contribution in [3.8, 4) is 11.3 Å². The van der Waals surface area contributed by atoms with Gasteiger partial charge in [-0.2, -0.15) is 0 Å². The minimum atomic E-state index is 0.993. The molecule has 1 fully saturated rings. The highest BCUT2D eigenvalue weighted by Crippen LogP contribution is 2.16. The van der Waals surface area contributed by atoms with Crippen molar-refractivity contribution in [1.29, 1.82) is 0 Å². The van der Waals surface area contributed by atoms with Gasteiger partial charge in [0, 0.05) is 39.1 Å². The first-order chi connectivity index (χ1) is 9.42. The van der Waals surface area contributed by atoms with Crippen molar-refractivity contribution in [2.45, 2.75) is 6.42 Å². The fraction of sp³-hybridized carbons (Fsp3) is 0.400. The summed E-state index contributed by atoms with van der Waals surface area (Å²) in [6.07, 6.45) is 2.93. The van der Waals surface area contributed by atoms with Gasteiger partial charge in [0.1, 0.15) is 5.82 Å². The van der Waals surface area contributed by atoms with Gasteiger partial charge in [-0.05, 0) is 5.56 Å². The molecule has 2 aromatic rings.